The van der Waals surface area contributed by atoms with Crippen LogP contribution in [0.15, 0.2) is 48.5 Å². The second kappa shape index (κ2) is 7.70. The van der Waals surface area contributed by atoms with Crippen LogP contribution < -0.4 is 5.32 Å². The molecular weight excluding hydrogens is 349 g/mol. The van der Waals surface area contributed by atoms with Crippen molar-refractivity contribution >= 4 is 23.3 Å². The topological polar surface area (TPSA) is 72.5 Å². The van der Waals surface area contributed by atoms with E-state index in [0.717, 1.165) is 6.42 Å². The minimum Gasteiger partial charge on any atom is -0.457 e. The van der Waals surface area contributed by atoms with Crippen molar-refractivity contribution in [1.82, 2.24) is 0 Å². The fraction of sp³-hybridized carbons (Fsp3) is 0.286. The highest BCUT2D eigenvalue weighted by molar-refractivity contribution is 5.99. The number of carbonyl (C=O) groups is 3. The highest BCUT2D eigenvalue weighted by Crippen LogP contribution is 2.44. The summed E-state index contributed by atoms with van der Waals surface area (Å²) in [6.07, 6.45) is 2.12. The first-order valence-electron chi connectivity index (χ1n) is 8.75. The highest BCUT2D eigenvalue weighted by atomic mass is 19.1. The molecule has 2 aromatic rings. The van der Waals surface area contributed by atoms with Crippen LogP contribution in [0.5, 0.6) is 0 Å². The molecule has 1 saturated carbocycles. The molecule has 1 N–H and O–H groups in total. The molecule has 1 aliphatic rings. The third-order valence-electron chi connectivity index (χ3n) is 4.86. The van der Waals surface area contributed by atoms with E-state index in [1.807, 2.05) is 0 Å². The van der Waals surface area contributed by atoms with Crippen molar-refractivity contribution in [2.24, 2.45) is 0 Å². The smallest absolute Gasteiger partial charge is 0.317 e. The molecule has 0 atom stereocenters. The maximum absolute atomic E-state index is 13.2. The molecule has 27 heavy (non-hydrogen) atoms. The molecule has 0 radical (unpaired) electrons. The molecule has 2 aromatic carbocycles. The van der Waals surface area contributed by atoms with E-state index >= 15 is 0 Å². The van der Waals surface area contributed by atoms with Gasteiger partial charge in [-0.2, -0.15) is 0 Å². The summed E-state index contributed by atoms with van der Waals surface area (Å²) in [7, 11) is 0. The molecule has 1 amide bonds. The van der Waals surface area contributed by atoms with Crippen molar-refractivity contribution < 1.29 is 23.5 Å². The van der Waals surface area contributed by atoms with Gasteiger partial charge >= 0.3 is 5.97 Å². The van der Waals surface area contributed by atoms with Crippen LogP contribution in [0.3, 0.4) is 0 Å². The maximum Gasteiger partial charge on any atom is 0.317 e. The number of hydrogen-bond acceptors (Lipinski definition) is 4. The van der Waals surface area contributed by atoms with E-state index in [9.17, 15) is 18.8 Å². The summed E-state index contributed by atoms with van der Waals surface area (Å²) >= 11 is 0. The fourth-order valence-corrected chi connectivity index (χ4v) is 3.21. The average molecular weight is 369 g/mol. The Labute approximate surface area is 156 Å². The Bertz CT molecular complexity index is 855. The van der Waals surface area contributed by atoms with Gasteiger partial charge in [-0.25, -0.2) is 4.39 Å². The Morgan fingerprint density at radius 2 is 1.67 bits per heavy atom. The quantitative estimate of drug-likeness (QED) is 0.623. The van der Waals surface area contributed by atoms with Crippen molar-refractivity contribution in [3.63, 3.8) is 0 Å². The number of benzene rings is 2. The number of hydrogen-bond donors (Lipinski definition) is 1. The fourth-order valence-electron chi connectivity index (χ4n) is 3.21. The van der Waals surface area contributed by atoms with Crippen LogP contribution in [-0.2, 0) is 19.7 Å². The summed E-state index contributed by atoms with van der Waals surface area (Å²) in [6, 6.07) is 12.2. The van der Waals surface area contributed by atoms with E-state index in [-0.39, 0.29) is 24.1 Å². The van der Waals surface area contributed by atoms with Gasteiger partial charge in [-0.05, 0) is 54.8 Å². The Morgan fingerprint density at radius 1 is 1.04 bits per heavy atom. The van der Waals surface area contributed by atoms with Gasteiger partial charge in [0.15, 0.2) is 12.4 Å². The van der Waals surface area contributed by atoms with E-state index in [2.05, 4.69) is 5.32 Å². The van der Waals surface area contributed by atoms with Crippen molar-refractivity contribution in [3.8, 4) is 0 Å². The minimum absolute atomic E-state index is 0.199. The lowest BCUT2D eigenvalue weighted by molar-refractivity contribution is -0.153. The number of rotatable bonds is 6. The lowest BCUT2D eigenvalue weighted by Gasteiger charge is -2.39. The first kappa shape index (κ1) is 18.8. The van der Waals surface area contributed by atoms with Crippen molar-refractivity contribution in [2.75, 3.05) is 11.9 Å². The van der Waals surface area contributed by atoms with Gasteiger partial charge in [0.05, 0.1) is 5.41 Å². The van der Waals surface area contributed by atoms with Gasteiger partial charge in [0.25, 0.3) is 0 Å². The molecule has 0 unspecified atom stereocenters. The van der Waals surface area contributed by atoms with Crippen LogP contribution in [0.4, 0.5) is 10.1 Å². The third-order valence-corrected chi connectivity index (χ3v) is 4.86. The number of ether oxygens (including phenoxy) is 1. The molecule has 3 rings (SSSR count). The van der Waals surface area contributed by atoms with Crippen molar-refractivity contribution in [1.29, 1.82) is 0 Å². The van der Waals surface area contributed by atoms with Crippen LogP contribution in [0.2, 0.25) is 0 Å². The summed E-state index contributed by atoms with van der Waals surface area (Å²) in [5.41, 5.74) is 0.901. The van der Waals surface area contributed by atoms with Crippen molar-refractivity contribution in [2.45, 2.75) is 31.6 Å². The normalized spacial score (nSPS) is 14.7. The van der Waals surface area contributed by atoms with Crippen LogP contribution in [-0.4, -0.2) is 24.3 Å². The largest absolute Gasteiger partial charge is 0.457 e. The second-order valence-electron chi connectivity index (χ2n) is 6.70. The van der Waals surface area contributed by atoms with Crippen LogP contribution in [0.1, 0.15) is 42.1 Å². The maximum atomic E-state index is 13.2. The van der Waals surface area contributed by atoms with Gasteiger partial charge in [-0.3, -0.25) is 14.4 Å². The predicted octanol–water partition coefficient (Wildman–Crippen LogP) is 3.63. The minimum atomic E-state index is -0.788. The Balaban J connectivity index is 1.63. The third kappa shape index (κ3) is 4.05. The zero-order chi connectivity index (χ0) is 19.4. The number of ketones is 1. The molecule has 1 aliphatic carbocycles. The van der Waals surface area contributed by atoms with Crippen LogP contribution in [0.25, 0.3) is 0 Å². The first-order valence-corrected chi connectivity index (χ1v) is 8.75. The SMILES string of the molecule is CC(=O)Nc1ccc(C(=O)COC(=O)C2(c3ccc(F)cc3)CCC2)cc1. The predicted molar refractivity (Wildman–Crippen MR) is 98.0 cm³/mol. The summed E-state index contributed by atoms with van der Waals surface area (Å²) in [5.74, 6) is -1.34. The highest BCUT2D eigenvalue weighted by Gasteiger charge is 2.47. The number of amides is 1. The number of nitrogens with one attached hydrogen (secondary N) is 1. The van der Waals surface area contributed by atoms with Gasteiger partial charge < -0.3 is 10.1 Å². The van der Waals surface area contributed by atoms with E-state index in [0.29, 0.717) is 29.7 Å². The van der Waals surface area contributed by atoms with Crippen LogP contribution >= 0.6 is 0 Å². The zero-order valence-corrected chi connectivity index (χ0v) is 15.0. The van der Waals surface area contributed by atoms with Gasteiger partial charge in [0, 0.05) is 18.2 Å². The molecule has 0 saturated heterocycles. The van der Waals surface area contributed by atoms with Crippen molar-refractivity contribution in [3.05, 3.63) is 65.5 Å². The Morgan fingerprint density at radius 3 is 2.19 bits per heavy atom. The Kier molecular flexibility index (Phi) is 5.35. The van der Waals surface area contributed by atoms with Gasteiger partial charge in [0.2, 0.25) is 5.91 Å². The second-order valence-corrected chi connectivity index (χ2v) is 6.70. The summed E-state index contributed by atoms with van der Waals surface area (Å²) in [6.45, 7) is 1.04. The van der Waals surface area contributed by atoms with Gasteiger partial charge in [-0.1, -0.05) is 18.6 Å². The average Bonchev–Trinajstić information content (AvgIpc) is 2.60. The molecule has 5 nitrogen and oxygen atoms in total. The molecule has 6 heteroatoms. The molecule has 0 heterocycles. The Hall–Kier alpha value is -3.02. The number of carbonyl (C=O) groups excluding carboxylic acids is 3. The number of anilines is 1. The monoisotopic (exact) mass is 369 g/mol. The molecule has 140 valence electrons. The van der Waals surface area contributed by atoms with E-state index in [4.69, 9.17) is 4.74 Å². The molecule has 0 spiro atoms. The molecule has 0 aliphatic heterocycles. The van der Waals surface area contributed by atoms with Gasteiger partial charge in [-0.15, -0.1) is 0 Å². The summed E-state index contributed by atoms with van der Waals surface area (Å²) in [5, 5.41) is 2.62. The zero-order valence-electron chi connectivity index (χ0n) is 15.0. The lowest BCUT2D eigenvalue weighted by atomic mass is 9.64. The van der Waals surface area contributed by atoms with Crippen LogP contribution in [0, 0.1) is 5.82 Å². The van der Waals surface area contributed by atoms with E-state index in [1.165, 1.54) is 19.1 Å². The number of esters is 1. The summed E-state index contributed by atoms with van der Waals surface area (Å²) < 4.78 is 18.4. The molecular formula is C21H20FNO4. The standard InChI is InChI=1S/C21H20FNO4/c1-14(24)23-18-9-3-15(4-10-18)19(25)13-27-20(26)21(11-2-12-21)16-5-7-17(22)8-6-16/h3-10H,2,11-13H2,1H3,(H,23,24). The van der Waals surface area contributed by atoms with Gasteiger partial charge in [0.1, 0.15) is 5.82 Å². The number of halogens is 1. The molecule has 0 aromatic heterocycles. The first-order chi connectivity index (χ1) is 12.9. The van der Waals surface area contributed by atoms with E-state index in [1.54, 1.807) is 36.4 Å². The lowest BCUT2D eigenvalue weighted by Crippen LogP contribution is -2.44. The number of Topliss-reactive ketones (excluding diaryl/α,β-unsaturated/α-hetero) is 1. The summed E-state index contributed by atoms with van der Waals surface area (Å²) in [4.78, 5) is 35.9. The molecule has 0 bridgehead atoms. The molecule has 1 fully saturated rings. The van der Waals surface area contributed by atoms with E-state index < -0.39 is 11.4 Å².